The number of carbonyl (C=O) groups excluding carboxylic acids is 2. The summed E-state index contributed by atoms with van der Waals surface area (Å²) in [4.78, 5) is 24.6. The number of urea groups is 1. The summed E-state index contributed by atoms with van der Waals surface area (Å²) in [5, 5.41) is 5.89. The van der Waals surface area contributed by atoms with E-state index >= 15 is 0 Å². The summed E-state index contributed by atoms with van der Waals surface area (Å²) in [6.07, 6.45) is 0.735. The van der Waals surface area contributed by atoms with Crippen molar-refractivity contribution in [3.63, 3.8) is 0 Å². The van der Waals surface area contributed by atoms with Gasteiger partial charge in [-0.1, -0.05) is 13.8 Å². The first kappa shape index (κ1) is 14.8. The Hall–Kier alpha value is -1.30. The Morgan fingerprint density at radius 3 is 2.78 bits per heavy atom. The summed E-state index contributed by atoms with van der Waals surface area (Å²) in [6, 6.07) is -0.323. The Morgan fingerprint density at radius 1 is 1.56 bits per heavy atom. The van der Waals surface area contributed by atoms with Crippen molar-refractivity contribution in [2.75, 3.05) is 33.3 Å². The predicted molar refractivity (Wildman–Crippen MR) is 68.2 cm³/mol. The molecule has 18 heavy (non-hydrogen) atoms. The summed E-state index contributed by atoms with van der Waals surface area (Å²) >= 11 is 0. The number of ether oxygens (including phenoxy) is 1. The lowest BCUT2D eigenvalue weighted by Gasteiger charge is -2.20. The molecule has 6 heteroatoms. The second kappa shape index (κ2) is 7.20. The van der Waals surface area contributed by atoms with Crippen molar-refractivity contribution >= 4 is 12.0 Å². The monoisotopic (exact) mass is 257 g/mol. The zero-order valence-electron chi connectivity index (χ0n) is 11.4. The topological polar surface area (TPSA) is 70.7 Å². The van der Waals surface area contributed by atoms with Gasteiger partial charge in [0.05, 0.1) is 7.11 Å². The number of nitrogens with one attached hydrogen (secondary N) is 2. The molecule has 0 spiro atoms. The molecule has 0 aliphatic carbocycles. The molecule has 0 radical (unpaired) electrons. The first-order valence-corrected chi connectivity index (χ1v) is 6.38. The average molecular weight is 257 g/mol. The lowest BCUT2D eigenvalue weighted by molar-refractivity contribution is -0.143. The summed E-state index contributed by atoms with van der Waals surface area (Å²) in [5.74, 6) is 0.172. The smallest absolute Gasteiger partial charge is 0.322 e. The van der Waals surface area contributed by atoms with E-state index in [1.54, 1.807) is 4.90 Å². The van der Waals surface area contributed by atoms with Crippen LogP contribution in [0.2, 0.25) is 0 Å². The van der Waals surface area contributed by atoms with E-state index in [0.717, 1.165) is 13.0 Å². The third-order valence-corrected chi connectivity index (χ3v) is 2.91. The van der Waals surface area contributed by atoms with Crippen LogP contribution in [0, 0.1) is 5.92 Å². The van der Waals surface area contributed by atoms with Gasteiger partial charge in [0, 0.05) is 26.2 Å². The van der Waals surface area contributed by atoms with Crippen molar-refractivity contribution in [2.45, 2.75) is 26.3 Å². The van der Waals surface area contributed by atoms with Crippen molar-refractivity contribution in [3.8, 4) is 0 Å². The zero-order valence-corrected chi connectivity index (χ0v) is 11.4. The van der Waals surface area contributed by atoms with E-state index in [4.69, 9.17) is 4.74 Å². The van der Waals surface area contributed by atoms with Gasteiger partial charge in [-0.15, -0.1) is 0 Å². The van der Waals surface area contributed by atoms with Crippen molar-refractivity contribution in [2.24, 2.45) is 5.92 Å². The molecule has 0 aromatic rings. The Morgan fingerprint density at radius 2 is 2.28 bits per heavy atom. The van der Waals surface area contributed by atoms with E-state index in [1.807, 2.05) is 0 Å². The number of hydrogen-bond acceptors (Lipinski definition) is 4. The van der Waals surface area contributed by atoms with Crippen LogP contribution in [0.15, 0.2) is 0 Å². The van der Waals surface area contributed by atoms with Gasteiger partial charge in [0.15, 0.2) is 0 Å². The van der Waals surface area contributed by atoms with Gasteiger partial charge in [0.2, 0.25) is 0 Å². The van der Waals surface area contributed by atoms with Crippen LogP contribution in [0.3, 0.4) is 0 Å². The zero-order chi connectivity index (χ0) is 13.5. The van der Waals surface area contributed by atoms with Crippen LogP contribution in [0.4, 0.5) is 4.79 Å². The Kier molecular flexibility index (Phi) is 5.91. The fourth-order valence-electron chi connectivity index (χ4n) is 1.97. The fourth-order valence-corrected chi connectivity index (χ4v) is 1.97. The fraction of sp³-hybridized carbons (Fsp3) is 0.833. The van der Waals surface area contributed by atoms with Crippen LogP contribution in [-0.2, 0) is 9.53 Å². The third-order valence-electron chi connectivity index (χ3n) is 2.91. The molecule has 1 rings (SSSR count). The molecule has 2 N–H and O–H groups in total. The second-order valence-corrected chi connectivity index (χ2v) is 4.88. The van der Waals surface area contributed by atoms with E-state index in [2.05, 4.69) is 24.5 Å². The van der Waals surface area contributed by atoms with Gasteiger partial charge < -0.3 is 20.3 Å². The molecule has 6 nitrogen and oxygen atoms in total. The van der Waals surface area contributed by atoms with Gasteiger partial charge >= 0.3 is 12.0 Å². The van der Waals surface area contributed by atoms with Gasteiger partial charge in [0.25, 0.3) is 0 Å². The van der Waals surface area contributed by atoms with Crippen LogP contribution < -0.4 is 10.6 Å². The Balaban J connectivity index is 2.32. The summed E-state index contributed by atoms with van der Waals surface area (Å²) in [7, 11) is 1.39. The minimum Gasteiger partial charge on any atom is -0.468 e. The molecule has 0 saturated carbocycles. The highest BCUT2D eigenvalue weighted by molar-refractivity contribution is 5.76. The highest BCUT2D eigenvalue weighted by Gasteiger charge is 2.22. The number of hydrogen-bond donors (Lipinski definition) is 2. The summed E-state index contributed by atoms with van der Waals surface area (Å²) in [6.45, 7) is 6.76. The summed E-state index contributed by atoms with van der Waals surface area (Å²) < 4.78 is 4.76. The lowest BCUT2D eigenvalue weighted by Crippen LogP contribution is -2.43. The normalized spacial score (nSPS) is 16.9. The molecule has 2 amide bonds. The average Bonchev–Trinajstić information content (AvgIpc) is 2.72. The van der Waals surface area contributed by atoms with E-state index in [-0.39, 0.29) is 18.0 Å². The quantitative estimate of drug-likeness (QED) is 0.639. The van der Waals surface area contributed by atoms with Gasteiger partial charge in [-0.3, -0.25) is 4.79 Å². The van der Waals surface area contributed by atoms with Crippen LogP contribution in [0.5, 0.6) is 0 Å². The first-order valence-electron chi connectivity index (χ1n) is 6.38. The maximum atomic E-state index is 11.6. The molecule has 1 heterocycles. The van der Waals surface area contributed by atoms with Crippen molar-refractivity contribution in [1.82, 2.24) is 15.5 Å². The van der Waals surface area contributed by atoms with Crippen molar-refractivity contribution < 1.29 is 14.3 Å². The maximum Gasteiger partial charge on any atom is 0.322 e. The molecule has 0 bridgehead atoms. The molecule has 1 saturated heterocycles. The molecule has 104 valence electrons. The van der Waals surface area contributed by atoms with E-state index in [9.17, 15) is 9.59 Å². The standard InChI is InChI=1S/C12H23N3O3/c1-9(2)8-10(11(16)18-3)13-4-6-15-7-5-14-12(15)17/h9-10,13H,4-8H2,1-3H3,(H,14,17). The van der Waals surface area contributed by atoms with E-state index in [0.29, 0.717) is 25.6 Å². The molecule has 1 atom stereocenters. The SMILES string of the molecule is COC(=O)C(CC(C)C)NCCN1CCNC1=O. The van der Waals surface area contributed by atoms with Crippen LogP contribution in [0.25, 0.3) is 0 Å². The third kappa shape index (κ3) is 4.52. The number of methoxy groups -OCH3 is 1. The highest BCUT2D eigenvalue weighted by atomic mass is 16.5. The Labute approximate surface area is 108 Å². The number of rotatable bonds is 7. The number of nitrogens with zero attached hydrogens (tertiary/aromatic N) is 1. The maximum absolute atomic E-state index is 11.6. The van der Waals surface area contributed by atoms with Gasteiger partial charge in [-0.25, -0.2) is 4.79 Å². The molecule has 0 aromatic heterocycles. The number of carbonyl (C=O) groups is 2. The van der Waals surface area contributed by atoms with Crippen LogP contribution in [-0.4, -0.2) is 56.2 Å². The predicted octanol–water partition coefficient (Wildman–Crippen LogP) is 0.189. The molecular formula is C12H23N3O3. The molecule has 1 fully saturated rings. The minimum atomic E-state index is -0.291. The van der Waals surface area contributed by atoms with Crippen molar-refractivity contribution in [3.05, 3.63) is 0 Å². The van der Waals surface area contributed by atoms with Crippen molar-refractivity contribution in [1.29, 1.82) is 0 Å². The highest BCUT2D eigenvalue weighted by Crippen LogP contribution is 2.06. The van der Waals surface area contributed by atoms with Gasteiger partial charge in [0.1, 0.15) is 6.04 Å². The van der Waals surface area contributed by atoms with E-state index < -0.39 is 0 Å². The number of amides is 2. The van der Waals surface area contributed by atoms with E-state index in [1.165, 1.54) is 7.11 Å². The first-order chi connectivity index (χ1) is 8.54. The van der Waals surface area contributed by atoms with Gasteiger partial charge in [-0.2, -0.15) is 0 Å². The van der Waals surface area contributed by atoms with Crippen LogP contribution >= 0.6 is 0 Å². The largest absolute Gasteiger partial charge is 0.468 e. The molecule has 1 unspecified atom stereocenters. The summed E-state index contributed by atoms with van der Waals surface area (Å²) in [5.41, 5.74) is 0. The van der Waals surface area contributed by atoms with Gasteiger partial charge in [-0.05, 0) is 12.3 Å². The molecule has 1 aliphatic rings. The Bertz CT molecular complexity index is 294. The second-order valence-electron chi connectivity index (χ2n) is 4.88. The van der Waals surface area contributed by atoms with Crippen LogP contribution in [0.1, 0.15) is 20.3 Å². The molecule has 1 aliphatic heterocycles. The lowest BCUT2D eigenvalue weighted by atomic mass is 10.0. The minimum absolute atomic E-state index is 0.0322. The molecule has 0 aromatic carbocycles. The number of esters is 1. The molecular weight excluding hydrogens is 234 g/mol.